The van der Waals surface area contributed by atoms with Gasteiger partial charge in [-0.2, -0.15) is 0 Å². The lowest BCUT2D eigenvalue weighted by Gasteiger charge is -2.33. The van der Waals surface area contributed by atoms with Crippen molar-refractivity contribution in [2.45, 2.75) is 26.8 Å². The van der Waals surface area contributed by atoms with Gasteiger partial charge in [-0.05, 0) is 42.2 Å². The summed E-state index contributed by atoms with van der Waals surface area (Å²) in [6.45, 7) is 11.6. The van der Waals surface area contributed by atoms with Crippen LogP contribution in [0.3, 0.4) is 0 Å². The monoisotopic (exact) mass is 403 g/mol. The van der Waals surface area contributed by atoms with Gasteiger partial charge < -0.3 is 14.0 Å². The molecule has 2 fully saturated rings. The maximum Gasteiger partial charge on any atom is 0.493 e. The smallest absolute Gasteiger partial charge is 0.407 e. The summed E-state index contributed by atoms with van der Waals surface area (Å²) in [7, 11) is -0.277. The largest absolute Gasteiger partial charge is 0.493 e. The highest BCUT2D eigenvalue weighted by Crippen LogP contribution is 2.22. The van der Waals surface area contributed by atoms with Crippen LogP contribution in [-0.4, -0.2) is 51.5 Å². The van der Waals surface area contributed by atoms with Gasteiger partial charge in [-0.15, -0.1) is 0 Å². The van der Waals surface area contributed by atoms with E-state index in [9.17, 15) is 0 Å². The van der Waals surface area contributed by atoms with E-state index in [0.717, 1.165) is 42.9 Å². The molecule has 0 saturated carbocycles. The van der Waals surface area contributed by atoms with Crippen molar-refractivity contribution in [1.82, 2.24) is 4.90 Å². The van der Waals surface area contributed by atoms with Crippen LogP contribution in [0.2, 0.25) is 0 Å². The fraction of sp³-hybridized carbons (Fsp3) is 0.440. The summed E-state index contributed by atoms with van der Waals surface area (Å²) in [4.78, 5) is 2.46. The minimum Gasteiger partial charge on any atom is -0.407 e. The number of hydrogen-bond acceptors (Lipinski definition) is 4. The van der Waals surface area contributed by atoms with Crippen molar-refractivity contribution in [3.05, 3.63) is 65.2 Å². The van der Waals surface area contributed by atoms with Crippen molar-refractivity contribution in [2.75, 3.05) is 39.5 Å². The molecule has 0 aromatic heterocycles. The number of rotatable bonds is 3. The van der Waals surface area contributed by atoms with Crippen molar-refractivity contribution in [2.24, 2.45) is 5.41 Å². The van der Waals surface area contributed by atoms with E-state index >= 15 is 0 Å². The van der Waals surface area contributed by atoms with Crippen LogP contribution in [0, 0.1) is 17.3 Å². The van der Waals surface area contributed by atoms with Gasteiger partial charge in [0.05, 0.1) is 13.2 Å². The van der Waals surface area contributed by atoms with Crippen molar-refractivity contribution >= 4 is 12.6 Å². The molecule has 2 saturated heterocycles. The van der Waals surface area contributed by atoms with Crippen molar-refractivity contribution < 1.29 is 14.0 Å². The second-order valence-corrected chi connectivity index (χ2v) is 8.94. The Hall–Kier alpha value is -2.10. The van der Waals surface area contributed by atoms with Crippen LogP contribution in [-0.2, 0) is 14.0 Å². The Morgan fingerprint density at radius 2 is 1.40 bits per heavy atom. The number of nitrogens with zero attached hydrogens (tertiary/aromatic N) is 1. The molecule has 0 amide bonds. The molecule has 1 unspecified atom stereocenters. The average Bonchev–Trinajstić information content (AvgIpc) is 2.79. The van der Waals surface area contributed by atoms with E-state index in [1.807, 2.05) is 24.3 Å². The van der Waals surface area contributed by atoms with E-state index in [0.29, 0.717) is 19.3 Å². The molecular formula is C25H30BNO3. The van der Waals surface area contributed by atoms with Crippen molar-refractivity contribution in [3.63, 3.8) is 0 Å². The maximum absolute atomic E-state index is 5.85. The number of morpholine rings is 1. The number of ether oxygens (including phenoxy) is 1. The van der Waals surface area contributed by atoms with Crippen LogP contribution >= 0.6 is 0 Å². The van der Waals surface area contributed by atoms with E-state index in [1.165, 1.54) is 5.56 Å². The van der Waals surface area contributed by atoms with E-state index in [1.54, 1.807) is 0 Å². The quantitative estimate of drug-likeness (QED) is 0.582. The average molecular weight is 403 g/mol. The van der Waals surface area contributed by atoms with Crippen LogP contribution in [0.5, 0.6) is 0 Å². The Bertz CT molecular complexity index is 883. The molecule has 5 heteroatoms. The molecule has 30 heavy (non-hydrogen) atoms. The SMILES string of the molecule is CC(c1ccc(C#Cc2ccc(B3OCC(C)(C)CO3)cc2)cc1)N1CCOCC1. The molecule has 0 aliphatic carbocycles. The summed E-state index contributed by atoms with van der Waals surface area (Å²) in [5.74, 6) is 6.53. The second kappa shape index (κ2) is 9.37. The second-order valence-electron chi connectivity index (χ2n) is 8.94. The normalized spacial score (nSPS) is 20.3. The molecule has 1 atom stereocenters. The van der Waals surface area contributed by atoms with Gasteiger partial charge in [0.1, 0.15) is 0 Å². The molecular weight excluding hydrogens is 373 g/mol. The Labute approximate surface area is 180 Å². The van der Waals surface area contributed by atoms with Crippen LogP contribution in [0.1, 0.15) is 43.5 Å². The van der Waals surface area contributed by atoms with Gasteiger partial charge in [0.15, 0.2) is 0 Å². The summed E-state index contributed by atoms with van der Waals surface area (Å²) in [5.41, 5.74) is 4.45. The lowest BCUT2D eigenvalue weighted by Crippen LogP contribution is -2.47. The van der Waals surface area contributed by atoms with Gasteiger partial charge in [0.2, 0.25) is 0 Å². The first-order valence-electron chi connectivity index (χ1n) is 10.8. The fourth-order valence-electron chi connectivity index (χ4n) is 3.77. The minimum absolute atomic E-state index is 0.0808. The molecule has 0 spiro atoms. The van der Waals surface area contributed by atoms with Gasteiger partial charge in [0.25, 0.3) is 0 Å². The molecule has 2 aromatic rings. The molecule has 2 aliphatic heterocycles. The van der Waals surface area contributed by atoms with E-state index in [2.05, 4.69) is 61.8 Å². The number of benzene rings is 2. The molecule has 2 aromatic carbocycles. The Balaban J connectivity index is 1.36. The van der Waals surface area contributed by atoms with Gasteiger partial charge >= 0.3 is 7.12 Å². The first-order valence-corrected chi connectivity index (χ1v) is 10.8. The Morgan fingerprint density at radius 1 is 0.867 bits per heavy atom. The summed E-state index contributed by atoms with van der Waals surface area (Å²) in [5, 5.41) is 0. The third-order valence-corrected chi connectivity index (χ3v) is 5.77. The highest BCUT2D eigenvalue weighted by molar-refractivity contribution is 6.61. The predicted octanol–water partition coefficient (Wildman–Crippen LogP) is 3.25. The zero-order chi connectivity index (χ0) is 21.0. The molecule has 2 aliphatic rings. The zero-order valence-corrected chi connectivity index (χ0v) is 18.2. The first kappa shape index (κ1) is 21.1. The third kappa shape index (κ3) is 5.33. The molecule has 2 heterocycles. The van der Waals surface area contributed by atoms with E-state index in [4.69, 9.17) is 14.0 Å². The summed E-state index contributed by atoms with van der Waals surface area (Å²) >= 11 is 0. The molecule has 0 N–H and O–H groups in total. The van der Waals surface area contributed by atoms with Crippen molar-refractivity contribution in [1.29, 1.82) is 0 Å². The fourth-order valence-corrected chi connectivity index (χ4v) is 3.77. The zero-order valence-electron chi connectivity index (χ0n) is 18.2. The van der Waals surface area contributed by atoms with Crippen LogP contribution in [0.4, 0.5) is 0 Å². The molecule has 156 valence electrons. The summed E-state index contributed by atoms with van der Waals surface area (Å²) < 4.78 is 17.2. The minimum atomic E-state index is -0.277. The lowest BCUT2D eigenvalue weighted by atomic mass is 9.76. The lowest BCUT2D eigenvalue weighted by molar-refractivity contribution is 0.0198. The maximum atomic E-state index is 5.85. The third-order valence-electron chi connectivity index (χ3n) is 5.77. The Kier molecular flexibility index (Phi) is 6.60. The molecule has 4 rings (SSSR count). The standard InChI is InChI=1S/C25H30BNO3/c1-20(27-14-16-28-17-15-27)23-10-6-21(7-11-23)4-5-22-8-12-24(13-9-22)26-29-18-25(2,3)19-30-26/h6-13,20H,14-19H2,1-3H3. The van der Waals surface area contributed by atoms with E-state index in [-0.39, 0.29) is 12.5 Å². The van der Waals surface area contributed by atoms with Crippen LogP contribution in [0.25, 0.3) is 0 Å². The highest BCUT2D eigenvalue weighted by atomic mass is 16.6. The van der Waals surface area contributed by atoms with E-state index < -0.39 is 0 Å². The van der Waals surface area contributed by atoms with Crippen LogP contribution < -0.4 is 5.46 Å². The van der Waals surface area contributed by atoms with Gasteiger partial charge in [-0.1, -0.05) is 50.0 Å². The predicted molar refractivity (Wildman–Crippen MR) is 121 cm³/mol. The Morgan fingerprint density at radius 3 is 1.97 bits per heavy atom. The van der Waals surface area contributed by atoms with Gasteiger partial charge in [-0.25, -0.2) is 0 Å². The van der Waals surface area contributed by atoms with Crippen LogP contribution in [0.15, 0.2) is 48.5 Å². The summed E-state index contributed by atoms with van der Waals surface area (Å²) in [6, 6.07) is 17.1. The van der Waals surface area contributed by atoms with Gasteiger partial charge in [-0.3, -0.25) is 4.90 Å². The highest BCUT2D eigenvalue weighted by Gasteiger charge is 2.33. The topological polar surface area (TPSA) is 30.9 Å². The molecule has 0 bridgehead atoms. The van der Waals surface area contributed by atoms with Gasteiger partial charge in [0, 0.05) is 48.9 Å². The molecule has 4 nitrogen and oxygen atoms in total. The number of hydrogen-bond donors (Lipinski definition) is 0. The first-order chi connectivity index (χ1) is 14.5. The van der Waals surface area contributed by atoms with Crippen molar-refractivity contribution in [3.8, 4) is 11.8 Å². The summed E-state index contributed by atoms with van der Waals surface area (Å²) in [6.07, 6.45) is 0. The molecule has 0 radical (unpaired) electrons.